The van der Waals surface area contributed by atoms with Gasteiger partial charge in [0, 0.05) is 44.3 Å². The van der Waals surface area contributed by atoms with Gasteiger partial charge in [0.05, 0.1) is 17.4 Å². The highest BCUT2D eigenvalue weighted by molar-refractivity contribution is 7.13. The maximum Gasteiger partial charge on any atom is 0.262 e. The van der Waals surface area contributed by atoms with E-state index in [1.165, 1.54) is 0 Å². The average Bonchev–Trinajstić information content (AvgIpc) is 3.40. The Labute approximate surface area is 165 Å². The summed E-state index contributed by atoms with van der Waals surface area (Å²) in [5.74, 6) is 1.48. The third-order valence-corrected chi connectivity index (χ3v) is 6.15. The molecule has 1 aromatic carbocycles. The molecule has 0 saturated carbocycles. The number of benzene rings is 1. The molecule has 1 aliphatic heterocycles. The first-order chi connectivity index (χ1) is 13.8. The molecule has 28 heavy (non-hydrogen) atoms. The molecule has 1 saturated heterocycles. The van der Waals surface area contributed by atoms with Crippen molar-refractivity contribution in [1.82, 2.24) is 29.0 Å². The first-order valence-corrected chi connectivity index (χ1v) is 10.4. The van der Waals surface area contributed by atoms with Gasteiger partial charge in [-0.1, -0.05) is 12.1 Å². The van der Waals surface area contributed by atoms with E-state index < -0.39 is 0 Å². The smallest absolute Gasteiger partial charge is 0.262 e. The van der Waals surface area contributed by atoms with Crippen LogP contribution in [0.5, 0.6) is 0 Å². The normalized spacial score (nSPS) is 15.7. The molecule has 9 heteroatoms. The van der Waals surface area contributed by atoms with Crippen molar-refractivity contribution in [2.45, 2.75) is 20.0 Å². The van der Waals surface area contributed by atoms with Crippen molar-refractivity contribution in [2.24, 2.45) is 0 Å². The Morgan fingerprint density at radius 3 is 2.68 bits per heavy atom. The van der Waals surface area contributed by atoms with Gasteiger partial charge >= 0.3 is 0 Å². The van der Waals surface area contributed by atoms with Gasteiger partial charge in [-0.3, -0.25) is 18.7 Å². The number of fused-ring (bicyclic) bond motifs is 3. The van der Waals surface area contributed by atoms with E-state index in [1.807, 2.05) is 47.2 Å². The second-order valence-corrected chi connectivity index (χ2v) is 7.77. The third kappa shape index (κ3) is 2.78. The van der Waals surface area contributed by atoms with Crippen LogP contribution in [0.25, 0.3) is 16.7 Å². The van der Waals surface area contributed by atoms with Gasteiger partial charge in [0.2, 0.25) is 5.78 Å². The highest BCUT2D eigenvalue weighted by Gasteiger charge is 2.22. The SMILES string of the molecule is CCn1c(=O)c2ccccc2n2c(CN3CCN(c4nccs4)CC3)nnc12. The fourth-order valence-corrected chi connectivity index (χ4v) is 4.57. The van der Waals surface area contributed by atoms with E-state index in [-0.39, 0.29) is 5.56 Å². The molecule has 1 fully saturated rings. The zero-order chi connectivity index (χ0) is 19.1. The Morgan fingerprint density at radius 1 is 1.11 bits per heavy atom. The highest BCUT2D eigenvalue weighted by Crippen LogP contribution is 2.20. The third-order valence-electron chi connectivity index (χ3n) is 5.32. The van der Waals surface area contributed by atoms with E-state index in [0.717, 1.165) is 42.7 Å². The largest absolute Gasteiger partial charge is 0.346 e. The van der Waals surface area contributed by atoms with Crippen LogP contribution in [0.1, 0.15) is 12.7 Å². The Bertz CT molecular complexity index is 1170. The molecule has 3 aromatic heterocycles. The quantitative estimate of drug-likeness (QED) is 0.525. The summed E-state index contributed by atoms with van der Waals surface area (Å²) >= 11 is 1.68. The van der Waals surface area contributed by atoms with Crippen LogP contribution in [-0.4, -0.2) is 55.2 Å². The molecule has 5 rings (SSSR count). The molecule has 0 unspecified atom stereocenters. The van der Waals surface area contributed by atoms with Crippen molar-refractivity contribution in [3.05, 3.63) is 52.0 Å². The molecule has 4 aromatic rings. The van der Waals surface area contributed by atoms with Crippen LogP contribution in [0.3, 0.4) is 0 Å². The highest BCUT2D eigenvalue weighted by atomic mass is 32.1. The van der Waals surface area contributed by atoms with E-state index >= 15 is 0 Å². The number of para-hydroxylation sites is 1. The Morgan fingerprint density at radius 2 is 1.93 bits per heavy atom. The van der Waals surface area contributed by atoms with E-state index in [9.17, 15) is 4.79 Å². The number of aryl methyl sites for hydroxylation is 1. The molecule has 144 valence electrons. The summed E-state index contributed by atoms with van der Waals surface area (Å²) in [5, 5.41) is 12.6. The van der Waals surface area contributed by atoms with Crippen LogP contribution < -0.4 is 10.5 Å². The molecule has 0 N–H and O–H groups in total. The molecule has 1 aliphatic rings. The van der Waals surface area contributed by atoms with Gasteiger partial charge in [0.15, 0.2) is 11.0 Å². The van der Waals surface area contributed by atoms with E-state index in [0.29, 0.717) is 24.3 Å². The minimum absolute atomic E-state index is 0.0124. The summed E-state index contributed by atoms with van der Waals surface area (Å²) in [6.45, 7) is 7.02. The van der Waals surface area contributed by atoms with Crippen LogP contribution in [0.15, 0.2) is 40.6 Å². The van der Waals surface area contributed by atoms with Crippen LogP contribution in [0, 0.1) is 0 Å². The lowest BCUT2D eigenvalue weighted by Gasteiger charge is -2.34. The van der Waals surface area contributed by atoms with Gasteiger partial charge in [-0.25, -0.2) is 4.98 Å². The van der Waals surface area contributed by atoms with Crippen molar-refractivity contribution >= 4 is 33.1 Å². The van der Waals surface area contributed by atoms with Crippen molar-refractivity contribution < 1.29 is 0 Å². The van der Waals surface area contributed by atoms with Crippen LogP contribution in [0.2, 0.25) is 0 Å². The predicted molar refractivity (Wildman–Crippen MR) is 110 cm³/mol. The standard InChI is InChI=1S/C19H21N7OS/c1-2-25-17(27)14-5-3-4-6-15(14)26-16(21-22-18(25)26)13-23-8-10-24(11-9-23)19-20-7-12-28-19/h3-7,12H,2,8-11,13H2,1H3. The number of hydrogen-bond donors (Lipinski definition) is 0. The molecule has 0 amide bonds. The summed E-state index contributed by atoms with van der Waals surface area (Å²) in [6, 6.07) is 7.70. The number of rotatable bonds is 4. The number of piperazine rings is 1. The maximum atomic E-state index is 12.8. The average molecular weight is 395 g/mol. The monoisotopic (exact) mass is 395 g/mol. The second kappa shape index (κ2) is 6.99. The lowest BCUT2D eigenvalue weighted by Crippen LogP contribution is -2.46. The summed E-state index contributed by atoms with van der Waals surface area (Å²) in [4.78, 5) is 21.9. The minimum atomic E-state index is -0.0124. The molecule has 0 spiro atoms. The number of hydrogen-bond acceptors (Lipinski definition) is 7. The Kier molecular flexibility index (Phi) is 4.33. The summed E-state index contributed by atoms with van der Waals surface area (Å²) in [5.41, 5.74) is 0.857. The molecule has 4 heterocycles. The lowest BCUT2D eigenvalue weighted by atomic mass is 10.2. The molecule has 8 nitrogen and oxygen atoms in total. The number of anilines is 1. The number of aromatic nitrogens is 5. The first-order valence-electron chi connectivity index (χ1n) is 9.48. The predicted octanol–water partition coefficient (Wildman–Crippen LogP) is 1.84. The second-order valence-electron chi connectivity index (χ2n) is 6.90. The maximum absolute atomic E-state index is 12.8. The zero-order valence-corrected chi connectivity index (χ0v) is 16.5. The van der Waals surface area contributed by atoms with Crippen LogP contribution in [0.4, 0.5) is 5.13 Å². The van der Waals surface area contributed by atoms with Gasteiger partial charge in [-0.15, -0.1) is 21.5 Å². The fourth-order valence-electron chi connectivity index (χ4n) is 3.87. The summed E-state index contributed by atoms with van der Waals surface area (Å²) in [6.07, 6.45) is 1.85. The minimum Gasteiger partial charge on any atom is -0.346 e. The molecule has 0 atom stereocenters. The van der Waals surface area contributed by atoms with Gasteiger partial charge in [-0.05, 0) is 19.1 Å². The van der Waals surface area contributed by atoms with Crippen molar-refractivity contribution in [3.63, 3.8) is 0 Å². The van der Waals surface area contributed by atoms with Crippen LogP contribution in [-0.2, 0) is 13.1 Å². The molecular weight excluding hydrogens is 374 g/mol. The van der Waals surface area contributed by atoms with Gasteiger partial charge in [0.25, 0.3) is 5.56 Å². The van der Waals surface area contributed by atoms with E-state index in [4.69, 9.17) is 0 Å². The van der Waals surface area contributed by atoms with Crippen molar-refractivity contribution in [1.29, 1.82) is 0 Å². The molecule has 0 aliphatic carbocycles. The number of thiazole rings is 1. The van der Waals surface area contributed by atoms with Gasteiger partial charge in [-0.2, -0.15) is 0 Å². The van der Waals surface area contributed by atoms with Crippen molar-refractivity contribution in [3.8, 4) is 0 Å². The molecular formula is C19H21N7OS. The van der Waals surface area contributed by atoms with E-state index in [1.54, 1.807) is 15.9 Å². The van der Waals surface area contributed by atoms with Gasteiger partial charge < -0.3 is 4.90 Å². The number of nitrogens with zero attached hydrogens (tertiary/aromatic N) is 7. The van der Waals surface area contributed by atoms with Crippen LogP contribution >= 0.6 is 11.3 Å². The van der Waals surface area contributed by atoms with Gasteiger partial charge in [0.1, 0.15) is 0 Å². The Balaban J connectivity index is 1.47. The Hall–Kier alpha value is -2.78. The van der Waals surface area contributed by atoms with Crippen molar-refractivity contribution in [2.75, 3.05) is 31.1 Å². The molecule has 0 radical (unpaired) electrons. The van der Waals surface area contributed by atoms with E-state index in [2.05, 4.69) is 25.0 Å². The fraction of sp³-hybridized carbons (Fsp3) is 0.368. The first kappa shape index (κ1) is 17.3. The topological polar surface area (TPSA) is 71.6 Å². The summed E-state index contributed by atoms with van der Waals surface area (Å²) < 4.78 is 3.73. The zero-order valence-electron chi connectivity index (χ0n) is 15.7. The summed E-state index contributed by atoms with van der Waals surface area (Å²) in [7, 11) is 0. The molecule has 0 bridgehead atoms. The lowest BCUT2D eigenvalue weighted by molar-refractivity contribution is 0.243.